The Morgan fingerprint density at radius 1 is 1.50 bits per heavy atom. The van der Waals surface area contributed by atoms with Gasteiger partial charge in [-0.05, 0) is 31.4 Å². The molecule has 0 unspecified atom stereocenters. The molecule has 1 aliphatic rings. The number of benzene rings is 1. The zero-order valence-corrected chi connectivity index (χ0v) is 11.8. The van der Waals surface area contributed by atoms with Crippen LogP contribution in [-0.4, -0.2) is 30.1 Å². The number of rotatable bonds is 7. The third kappa shape index (κ3) is 4.02. The lowest BCUT2D eigenvalue weighted by Gasteiger charge is -2.21. The topological polar surface area (TPSA) is 55.6 Å². The standard InChI is InChI=1S/C15H21FN2O2/c1-2-20-15(19)10-18(13-4-5-13)9-12-7-11(8-17)3-6-14(12)16/h3,6-7,13H,2,4-5,8-10,17H2,1H3. The van der Waals surface area contributed by atoms with Crippen molar-refractivity contribution in [1.82, 2.24) is 4.90 Å². The molecule has 0 aliphatic heterocycles. The Kier molecular flexibility index (Phi) is 5.09. The first-order valence-electron chi connectivity index (χ1n) is 7.01. The molecule has 0 atom stereocenters. The van der Waals surface area contributed by atoms with Crippen LogP contribution in [0.1, 0.15) is 30.9 Å². The van der Waals surface area contributed by atoms with E-state index in [1.54, 1.807) is 19.1 Å². The van der Waals surface area contributed by atoms with E-state index in [1.165, 1.54) is 6.07 Å². The van der Waals surface area contributed by atoms with E-state index in [2.05, 4.69) is 0 Å². The second kappa shape index (κ2) is 6.81. The van der Waals surface area contributed by atoms with E-state index < -0.39 is 0 Å². The largest absolute Gasteiger partial charge is 0.465 e. The summed E-state index contributed by atoms with van der Waals surface area (Å²) in [7, 11) is 0. The van der Waals surface area contributed by atoms with Gasteiger partial charge in [0.1, 0.15) is 5.82 Å². The molecule has 1 saturated carbocycles. The number of hydrogen-bond donors (Lipinski definition) is 1. The van der Waals surface area contributed by atoms with E-state index in [0.29, 0.717) is 31.3 Å². The molecule has 4 nitrogen and oxygen atoms in total. The first-order chi connectivity index (χ1) is 9.63. The number of halogens is 1. The van der Waals surface area contributed by atoms with Gasteiger partial charge in [-0.3, -0.25) is 9.69 Å². The fraction of sp³-hybridized carbons (Fsp3) is 0.533. The van der Waals surface area contributed by atoms with Crippen LogP contribution < -0.4 is 5.73 Å². The average molecular weight is 280 g/mol. The van der Waals surface area contributed by atoms with E-state index in [0.717, 1.165) is 18.4 Å². The molecule has 0 amide bonds. The van der Waals surface area contributed by atoms with Gasteiger partial charge in [-0.15, -0.1) is 0 Å². The molecule has 1 aliphatic carbocycles. The van der Waals surface area contributed by atoms with Crippen LogP contribution in [0.25, 0.3) is 0 Å². The third-order valence-electron chi connectivity index (χ3n) is 3.42. The number of nitrogens with two attached hydrogens (primary N) is 1. The van der Waals surface area contributed by atoms with Gasteiger partial charge in [0, 0.05) is 24.7 Å². The van der Waals surface area contributed by atoms with E-state index in [9.17, 15) is 9.18 Å². The van der Waals surface area contributed by atoms with Crippen molar-refractivity contribution >= 4 is 5.97 Å². The maximum Gasteiger partial charge on any atom is 0.320 e. The van der Waals surface area contributed by atoms with Crippen LogP contribution in [-0.2, 0) is 22.6 Å². The fourth-order valence-corrected chi connectivity index (χ4v) is 2.22. The highest BCUT2D eigenvalue weighted by atomic mass is 19.1. The highest BCUT2D eigenvalue weighted by Gasteiger charge is 2.31. The molecule has 1 aromatic rings. The predicted molar refractivity (Wildman–Crippen MR) is 74.4 cm³/mol. The highest BCUT2D eigenvalue weighted by molar-refractivity contribution is 5.71. The van der Waals surface area contributed by atoms with Gasteiger partial charge in [0.15, 0.2) is 0 Å². The zero-order chi connectivity index (χ0) is 14.5. The lowest BCUT2D eigenvalue weighted by molar-refractivity contribution is -0.144. The molecule has 2 rings (SSSR count). The summed E-state index contributed by atoms with van der Waals surface area (Å²) in [5, 5.41) is 0. The maximum atomic E-state index is 13.9. The van der Waals surface area contributed by atoms with Gasteiger partial charge in [0.25, 0.3) is 0 Å². The highest BCUT2D eigenvalue weighted by Crippen LogP contribution is 2.28. The Bertz CT molecular complexity index is 475. The van der Waals surface area contributed by atoms with Gasteiger partial charge >= 0.3 is 5.97 Å². The van der Waals surface area contributed by atoms with Crippen LogP contribution in [0.4, 0.5) is 4.39 Å². The molecule has 0 bridgehead atoms. The van der Waals surface area contributed by atoms with Crippen molar-refractivity contribution in [2.75, 3.05) is 13.2 Å². The number of carbonyl (C=O) groups is 1. The smallest absolute Gasteiger partial charge is 0.320 e. The fourth-order valence-electron chi connectivity index (χ4n) is 2.22. The Labute approximate surface area is 118 Å². The van der Waals surface area contributed by atoms with Crippen LogP contribution in [0.5, 0.6) is 0 Å². The van der Waals surface area contributed by atoms with Crippen LogP contribution in [0.3, 0.4) is 0 Å². The monoisotopic (exact) mass is 280 g/mol. The predicted octanol–water partition coefficient (Wildman–Crippen LogP) is 1.81. The Morgan fingerprint density at radius 2 is 2.25 bits per heavy atom. The summed E-state index contributed by atoms with van der Waals surface area (Å²) < 4.78 is 18.8. The first-order valence-corrected chi connectivity index (χ1v) is 7.01. The molecule has 1 fully saturated rings. The van der Waals surface area contributed by atoms with Gasteiger partial charge in [-0.25, -0.2) is 4.39 Å². The summed E-state index contributed by atoms with van der Waals surface area (Å²) in [5.41, 5.74) is 7.07. The summed E-state index contributed by atoms with van der Waals surface area (Å²) in [4.78, 5) is 13.6. The van der Waals surface area contributed by atoms with Gasteiger partial charge in [-0.1, -0.05) is 12.1 Å². The van der Waals surface area contributed by atoms with E-state index in [-0.39, 0.29) is 18.3 Å². The van der Waals surface area contributed by atoms with Gasteiger partial charge < -0.3 is 10.5 Å². The molecule has 0 aromatic heterocycles. The zero-order valence-electron chi connectivity index (χ0n) is 11.8. The molecule has 0 heterocycles. The van der Waals surface area contributed by atoms with Crippen LogP contribution in [0, 0.1) is 5.82 Å². The number of carbonyl (C=O) groups excluding carboxylic acids is 1. The van der Waals surface area contributed by atoms with E-state index in [4.69, 9.17) is 10.5 Å². The van der Waals surface area contributed by atoms with E-state index in [1.807, 2.05) is 4.90 Å². The van der Waals surface area contributed by atoms with Crippen molar-refractivity contribution in [2.45, 2.75) is 38.9 Å². The van der Waals surface area contributed by atoms with Crippen molar-refractivity contribution < 1.29 is 13.9 Å². The summed E-state index contributed by atoms with van der Waals surface area (Å²) in [5.74, 6) is -0.508. The molecule has 0 spiro atoms. The van der Waals surface area contributed by atoms with Crippen LogP contribution >= 0.6 is 0 Å². The molecule has 5 heteroatoms. The first kappa shape index (κ1) is 14.9. The van der Waals surface area contributed by atoms with Crippen molar-refractivity contribution in [3.8, 4) is 0 Å². The number of hydrogen-bond acceptors (Lipinski definition) is 4. The molecule has 0 saturated heterocycles. The molecule has 20 heavy (non-hydrogen) atoms. The lowest BCUT2D eigenvalue weighted by atomic mass is 10.1. The van der Waals surface area contributed by atoms with Gasteiger partial charge in [0.2, 0.25) is 0 Å². The van der Waals surface area contributed by atoms with Gasteiger partial charge in [0.05, 0.1) is 13.2 Å². The summed E-state index contributed by atoms with van der Waals surface area (Å²) in [6.07, 6.45) is 2.11. The third-order valence-corrected chi connectivity index (χ3v) is 3.42. The summed E-state index contributed by atoms with van der Waals surface area (Å²) >= 11 is 0. The summed E-state index contributed by atoms with van der Waals surface area (Å²) in [6, 6.07) is 5.26. The Hall–Kier alpha value is -1.46. The molecular formula is C15H21FN2O2. The van der Waals surface area contributed by atoms with Crippen molar-refractivity contribution in [3.63, 3.8) is 0 Å². The number of ether oxygens (including phenoxy) is 1. The average Bonchev–Trinajstić information content (AvgIpc) is 3.25. The maximum absolute atomic E-state index is 13.9. The minimum Gasteiger partial charge on any atom is -0.465 e. The minimum absolute atomic E-state index is 0.213. The number of esters is 1. The lowest BCUT2D eigenvalue weighted by Crippen LogP contribution is -2.32. The summed E-state index contributed by atoms with van der Waals surface area (Å²) in [6.45, 7) is 3.17. The Morgan fingerprint density at radius 3 is 2.85 bits per heavy atom. The Balaban J connectivity index is 2.06. The second-order valence-electron chi connectivity index (χ2n) is 5.07. The molecule has 110 valence electrons. The minimum atomic E-state index is -0.255. The molecular weight excluding hydrogens is 259 g/mol. The van der Waals surface area contributed by atoms with Crippen molar-refractivity contribution in [1.29, 1.82) is 0 Å². The van der Waals surface area contributed by atoms with Crippen LogP contribution in [0.15, 0.2) is 18.2 Å². The molecule has 0 radical (unpaired) electrons. The van der Waals surface area contributed by atoms with Crippen molar-refractivity contribution in [2.24, 2.45) is 5.73 Å². The SMILES string of the molecule is CCOC(=O)CN(Cc1cc(CN)ccc1F)C1CC1. The van der Waals surface area contributed by atoms with E-state index >= 15 is 0 Å². The molecule has 1 aromatic carbocycles. The van der Waals surface area contributed by atoms with Crippen molar-refractivity contribution in [3.05, 3.63) is 35.1 Å². The quantitative estimate of drug-likeness (QED) is 0.774. The van der Waals surface area contributed by atoms with Crippen LogP contribution in [0.2, 0.25) is 0 Å². The normalized spacial score (nSPS) is 14.6. The second-order valence-corrected chi connectivity index (χ2v) is 5.07. The molecule has 2 N–H and O–H groups in total. The van der Waals surface area contributed by atoms with Gasteiger partial charge in [-0.2, -0.15) is 0 Å². The number of nitrogens with zero attached hydrogens (tertiary/aromatic N) is 1.